The van der Waals surface area contributed by atoms with Crippen LogP contribution in [0.3, 0.4) is 0 Å². The number of H-pyrrole nitrogens is 1. The summed E-state index contributed by atoms with van der Waals surface area (Å²) in [6.45, 7) is 5.89. The Labute approximate surface area is 180 Å². The SMILES string of the molecule is Cc1cc2[nH]c(-c3cccc(NC(=O)c4ccc(OC(C)C)cc4)c3)nc2cc1Cl. The Bertz CT molecular complexity index is 1170. The van der Waals surface area contributed by atoms with Crippen LogP contribution in [-0.2, 0) is 0 Å². The molecule has 3 aromatic carbocycles. The third-order valence-electron chi connectivity index (χ3n) is 4.64. The number of carbonyl (C=O) groups is 1. The van der Waals surface area contributed by atoms with Crippen LogP contribution in [0.2, 0.25) is 5.02 Å². The molecule has 0 bridgehead atoms. The van der Waals surface area contributed by atoms with Crippen LogP contribution in [-0.4, -0.2) is 22.0 Å². The molecule has 0 aliphatic carbocycles. The van der Waals surface area contributed by atoms with Crippen molar-refractivity contribution in [3.63, 3.8) is 0 Å². The number of amides is 1. The fourth-order valence-corrected chi connectivity index (χ4v) is 3.34. The minimum Gasteiger partial charge on any atom is -0.491 e. The highest BCUT2D eigenvalue weighted by Crippen LogP contribution is 2.27. The van der Waals surface area contributed by atoms with Crippen LogP contribution in [0.4, 0.5) is 5.69 Å². The van der Waals surface area contributed by atoms with Crippen LogP contribution in [0.15, 0.2) is 60.7 Å². The Morgan fingerprint density at radius 2 is 1.87 bits per heavy atom. The Morgan fingerprint density at radius 3 is 2.60 bits per heavy atom. The maximum atomic E-state index is 12.6. The number of carbonyl (C=O) groups excluding carboxylic acids is 1. The molecule has 152 valence electrons. The van der Waals surface area contributed by atoms with Gasteiger partial charge in [-0.15, -0.1) is 0 Å². The van der Waals surface area contributed by atoms with Crippen LogP contribution in [0, 0.1) is 6.92 Å². The second kappa shape index (κ2) is 8.20. The van der Waals surface area contributed by atoms with E-state index >= 15 is 0 Å². The highest BCUT2D eigenvalue weighted by atomic mass is 35.5. The Hall–Kier alpha value is -3.31. The molecule has 0 atom stereocenters. The molecule has 4 rings (SSSR count). The van der Waals surface area contributed by atoms with Crippen molar-refractivity contribution in [3.8, 4) is 17.1 Å². The number of hydrogen-bond acceptors (Lipinski definition) is 3. The van der Waals surface area contributed by atoms with E-state index in [-0.39, 0.29) is 12.0 Å². The van der Waals surface area contributed by atoms with E-state index in [1.165, 1.54) is 0 Å². The molecule has 4 aromatic rings. The van der Waals surface area contributed by atoms with Crippen molar-refractivity contribution in [1.29, 1.82) is 0 Å². The van der Waals surface area contributed by atoms with Gasteiger partial charge in [0.05, 0.1) is 17.1 Å². The molecule has 0 fully saturated rings. The monoisotopic (exact) mass is 419 g/mol. The number of aryl methyl sites for hydroxylation is 1. The Morgan fingerprint density at radius 1 is 1.10 bits per heavy atom. The normalized spacial score (nSPS) is 11.1. The summed E-state index contributed by atoms with van der Waals surface area (Å²) in [6, 6.07) is 18.5. The lowest BCUT2D eigenvalue weighted by Crippen LogP contribution is -2.12. The molecule has 0 radical (unpaired) electrons. The number of aromatic nitrogens is 2. The van der Waals surface area contributed by atoms with Gasteiger partial charge >= 0.3 is 0 Å². The average molecular weight is 420 g/mol. The number of nitrogens with one attached hydrogen (secondary N) is 2. The van der Waals surface area contributed by atoms with Crippen molar-refractivity contribution >= 4 is 34.2 Å². The fourth-order valence-electron chi connectivity index (χ4n) is 3.18. The number of nitrogens with zero attached hydrogens (tertiary/aromatic N) is 1. The van der Waals surface area contributed by atoms with Crippen LogP contribution in [0.5, 0.6) is 5.75 Å². The predicted molar refractivity (Wildman–Crippen MR) is 121 cm³/mol. The van der Waals surface area contributed by atoms with Crippen molar-refractivity contribution in [2.24, 2.45) is 0 Å². The summed E-state index contributed by atoms with van der Waals surface area (Å²) in [5, 5.41) is 3.62. The molecular weight excluding hydrogens is 398 g/mol. The summed E-state index contributed by atoms with van der Waals surface area (Å²) < 4.78 is 5.62. The molecule has 0 spiro atoms. The van der Waals surface area contributed by atoms with Gasteiger partial charge in [-0.1, -0.05) is 23.7 Å². The molecule has 1 heterocycles. The fraction of sp³-hybridized carbons (Fsp3) is 0.167. The van der Waals surface area contributed by atoms with Crippen molar-refractivity contribution in [1.82, 2.24) is 9.97 Å². The molecule has 2 N–H and O–H groups in total. The van der Waals surface area contributed by atoms with E-state index in [4.69, 9.17) is 16.3 Å². The van der Waals surface area contributed by atoms with E-state index in [9.17, 15) is 4.79 Å². The zero-order valence-corrected chi connectivity index (χ0v) is 17.7. The second-order valence-electron chi connectivity index (χ2n) is 7.43. The second-order valence-corrected chi connectivity index (χ2v) is 7.84. The number of hydrogen-bond donors (Lipinski definition) is 2. The lowest BCUT2D eigenvalue weighted by atomic mass is 10.1. The molecule has 5 nitrogen and oxygen atoms in total. The van der Waals surface area contributed by atoms with Gasteiger partial charge in [0.15, 0.2) is 0 Å². The highest BCUT2D eigenvalue weighted by Gasteiger charge is 2.10. The molecule has 0 saturated heterocycles. The summed E-state index contributed by atoms with van der Waals surface area (Å²) in [4.78, 5) is 20.6. The Balaban J connectivity index is 1.54. The largest absolute Gasteiger partial charge is 0.491 e. The van der Waals surface area contributed by atoms with Crippen LogP contribution < -0.4 is 10.1 Å². The van der Waals surface area contributed by atoms with E-state index in [0.717, 1.165) is 33.7 Å². The number of halogens is 1. The van der Waals surface area contributed by atoms with E-state index in [2.05, 4.69) is 15.3 Å². The summed E-state index contributed by atoms with van der Waals surface area (Å²) in [5.41, 5.74) is 4.84. The number of rotatable bonds is 5. The van der Waals surface area contributed by atoms with Gasteiger partial charge in [-0.2, -0.15) is 0 Å². The number of ether oxygens (including phenoxy) is 1. The van der Waals surface area contributed by atoms with E-state index in [1.807, 2.05) is 57.2 Å². The lowest BCUT2D eigenvalue weighted by Gasteiger charge is -2.10. The maximum Gasteiger partial charge on any atom is 0.255 e. The zero-order valence-electron chi connectivity index (χ0n) is 17.0. The molecule has 30 heavy (non-hydrogen) atoms. The third-order valence-corrected chi connectivity index (χ3v) is 5.05. The first kappa shape index (κ1) is 20.0. The quantitative estimate of drug-likeness (QED) is 0.403. The first-order valence-corrected chi connectivity index (χ1v) is 10.1. The van der Waals surface area contributed by atoms with Crippen LogP contribution in [0.25, 0.3) is 22.4 Å². The number of imidazole rings is 1. The minimum absolute atomic E-state index is 0.0885. The van der Waals surface area contributed by atoms with Gasteiger partial charge in [-0.25, -0.2) is 4.98 Å². The van der Waals surface area contributed by atoms with Crippen LogP contribution in [0.1, 0.15) is 29.8 Å². The van der Waals surface area contributed by atoms with Crippen molar-refractivity contribution < 1.29 is 9.53 Å². The highest BCUT2D eigenvalue weighted by molar-refractivity contribution is 6.32. The van der Waals surface area contributed by atoms with Gasteiger partial charge in [0, 0.05) is 21.8 Å². The predicted octanol–water partition coefficient (Wildman–Crippen LogP) is 6.23. The minimum atomic E-state index is -0.185. The third kappa shape index (κ3) is 4.31. The molecule has 1 amide bonds. The number of fused-ring (bicyclic) bond motifs is 1. The van der Waals surface area contributed by atoms with Crippen LogP contribution >= 0.6 is 11.6 Å². The first-order valence-electron chi connectivity index (χ1n) is 9.73. The van der Waals surface area contributed by atoms with E-state index in [0.29, 0.717) is 16.3 Å². The topological polar surface area (TPSA) is 67.0 Å². The van der Waals surface area contributed by atoms with Gasteiger partial charge in [-0.05, 0) is 74.9 Å². The Kier molecular flexibility index (Phi) is 5.46. The summed E-state index contributed by atoms with van der Waals surface area (Å²) >= 11 is 6.21. The zero-order chi connectivity index (χ0) is 21.3. The van der Waals surface area contributed by atoms with E-state index < -0.39 is 0 Å². The van der Waals surface area contributed by atoms with Gasteiger partial charge in [0.1, 0.15) is 11.6 Å². The molecule has 0 aliphatic heterocycles. The molecule has 0 unspecified atom stereocenters. The number of benzene rings is 3. The molecule has 1 aromatic heterocycles. The number of aromatic amines is 1. The molecule has 0 saturated carbocycles. The first-order chi connectivity index (χ1) is 14.4. The molecule has 0 aliphatic rings. The van der Waals surface area contributed by atoms with Gasteiger partial charge < -0.3 is 15.0 Å². The molecular formula is C24H22ClN3O2. The summed E-state index contributed by atoms with van der Waals surface area (Å²) in [6.07, 6.45) is 0.0885. The summed E-state index contributed by atoms with van der Waals surface area (Å²) in [5.74, 6) is 1.27. The average Bonchev–Trinajstić information content (AvgIpc) is 3.11. The maximum absolute atomic E-state index is 12.6. The van der Waals surface area contributed by atoms with Crippen molar-refractivity contribution in [2.45, 2.75) is 26.9 Å². The van der Waals surface area contributed by atoms with Crippen molar-refractivity contribution in [3.05, 3.63) is 76.8 Å². The molecule has 6 heteroatoms. The van der Waals surface area contributed by atoms with Crippen molar-refractivity contribution in [2.75, 3.05) is 5.32 Å². The van der Waals surface area contributed by atoms with Gasteiger partial charge in [0.2, 0.25) is 0 Å². The number of anilines is 1. The smallest absolute Gasteiger partial charge is 0.255 e. The van der Waals surface area contributed by atoms with Gasteiger partial charge in [-0.3, -0.25) is 4.79 Å². The van der Waals surface area contributed by atoms with E-state index in [1.54, 1.807) is 24.3 Å². The van der Waals surface area contributed by atoms with Gasteiger partial charge in [0.25, 0.3) is 5.91 Å². The summed E-state index contributed by atoms with van der Waals surface area (Å²) in [7, 11) is 0. The standard InChI is InChI=1S/C24H22ClN3O2/c1-14(2)30-19-9-7-16(8-10-19)24(29)26-18-6-4-5-17(12-18)23-27-21-11-15(3)20(25)13-22(21)28-23/h4-14H,1-3H3,(H,26,29)(H,27,28). The lowest BCUT2D eigenvalue weighted by molar-refractivity contribution is 0.102.